The van der Waals surface area contributed by atoms with Gasteiger partial charge < -0.3 is 0 Å². The number of fused-ring (bicyclic) bond motifs is 2. The summed E-state index contributed by atoms with van der Waals surface area (Å²) in [5, 5.41) is 0.504. The summed E-state index contributed by atoms with van der Waals surface area (Å²) in [5.74, 6) is -0.184. The normalized spacial score (nSPS) is 15.7. The van der Waals surface area contributed by atoms with E-state index >= 15 is 0 Å². The number of anilines is 2. The SMILES string of the molecule is CCn1c(NNC(=O)c2ccc3c(c2)C[C@@H](C)N3S(C)(=O)=O)nc2ccccc2c1=O. The number of benzene rings is 2. The molecule has 3 aromatic rings. The number of hydrazine groups is 1. The van der Waals surface area contributed by atoms with Gasteiger partial charge in [0.1, 0.15) is 0 Å². The first-order chi connectivity index (χ1) is 14.7. The average molecular weight is 442 g/mol. The summed E-state index contributed by atoms with van der Waals surface area (Å²) in [6.45, 7) is 4.03. The van der Waals surface area contributed by atoms with Crippen LogP contribution < -0.4 is 20.7 Å². The van der Waals surface area contributed by atoms with E-state index in [0.717, 1.165) is 5.56 Å². The summed E-state index contributed by atoms with van der Waals surface area (Å²) in [7, 11) is -3.39. The number of sulfonamides is 1. The van der Waals surface area contributed by atoms with Gasteiger partial charge in [0, 0.05) is 18.2 Å². The first-order valence-electron chi connectivity index (χ1n) is 9.89. The Morgan fingerprint density at radius 2 is 1.97 bits per heavy atom. The van der Waals surface area contributed by atoms with Crippen molar-refractivity contribution in [3.8, 4) is 0 Å². The van der Waals surface area contributed by atoms with Gasteiger partial charge in [0.15, 0.2) is 0 Å². The molecule has 1 atom stereocenters. The molecule has 0 saturated carbocycles. The van der Waals surface area contributed by atoms with Crippen LogP contribution >= 0.6 is 0 Å². The van der Waals surface area contributed by atoms with Crippen LogP contribution in [0.25, 0.3) is 10.9 Å². The van der Waals surface area contributed by atoms with Crippen LogP contribution in [0.4, 0.5) is 11.6 Å². The van der Waals surface area contributed by atoms with Crippen LogP contribution in [-0.4, -0.2) is 36.2 Å². The van der Waals surface area contributed by atoms with Crippen molar-refractivity contribution in [3.05, 3.63) is 63.9 Å². The van der Waals surface area contributed by atoms with Crippen molar-refractivity contribution in [2.75, 3.05) is 16.0 Å². The molecule has 1 amide bonds. The van der Waals surface area contributed by atoms with E-state index < -0.39 is 15.9 Å². The number of rotatable bonds is 5. The molecule has 1 aliphatic rings. The Labute approximate surface area is 179 Å². The van der Waals surface area contributed by atoms with Gasteiger partial charge in [-0.15, -0.1) is 0 Å². The number of nitrogens with zero attached hydrogens (tertiary/aromatic N) is 3. The summed E-state index contributed by atoms with van der Waals surface area (Å²) in [4.78, 5) is 29.8. The average Bonchev–Trinajstić information content (AvgIpc) is 3.07. The molecule has 2 aromatic carbocycles. The zero-order valence-corrected chi connectivity index (χ0v) is 18.2. The molecule has 1 aromatic heterocycles. The minimum atomic E-state index is -3.39. The molecule has 1 aliphatic heterocycles. The monoisotopic (exact) mass is 441 g/mol. The summed E-state index contributed by atoms with van der Waals surface area (Å²) in [6, 6.07) is 11.7. The van der Waals surface area contributed by atoms with Gasteiger partial charge >= 0.3 is 0 Å². The molecule has 0 bridgehead atoms. The topological polar surface area (TPSA) is 113 Å². The predicted molar refractivity (Wildman–Crippen MR) is 120 cm³/mol. The van der Waals surface area contributed by atoms with Crippen molar-refractivity contribution < 1.29 is 13.2 Å². The predicted octanol–water partition coefficient (Wildman–Crippen LogP) is 1.88. The third-order valence-corrected chi connectivity index (χ3v) is 6.59. The highest BCUT2D eigenvalue weighted by Crippen LogP contribution is 2.34. The number of hydrogen-bond acceptors (Lipinski definition) is 6. The maximum Gasteiger partial charge on any atom is 0.269 e. The van der Waals surface area contributed by atoms with Gasteiger partial charge in [-0.2, -0.15) is 0 Å². The first-order valence-corrected chi connectivity index (χ1v) is 11.7. The highest BCUT2D eigenvalue weighted by atomic mass is 32.2. The lowest BCUT2D eigenvalue weighted by atomic mass is 10.1. The van der Waals surface area contributed by atoms with E-state index in [-0.39, 0.29) is 17.5 Å². The van der Waals surface area contributed by atoms with Crippen LogP contribution in [0.1, 0.15) is 29.8 Å². The van der Waals surface area contributed by atoms with Crippen LogP contribution in [0.3, 0.4) is 0 Å². The number of hydrogen-bond donors (Lipinski definition) is 2. The molecule has 2 heterocycles. The first kappa shape index (κ1) is 20.9. The minimum absolute atomic E-state index is 0.197. The second-order valence-electron chi connectivity index (χ2n) is 7.54. The standard InChI is InChI=1S/C21H23N5O4S/c1-4-25-20(28)16-7-5-6-8-17(16)22-21(25)24-23-19(27)14-9-10-18-15(12-14)11-13(2)26(18)31(3,29)30/h5-10,12-13H,4,11H2,1-3H3,(H,22,24)(H,23,27)/t13-/m1/s1. The van der Waals surface area contributed by atoms with Crippen molar-refractivity contribution >= 4 is 38.5 Å². The number of para-hydroxylation sites is 1. The molecule has 4 rings (SSSR count). The molecule has 0 radical (unpaired) electrons. The largest absolute Gasteiger partial charge is 0.277 e. The summed E-state index contributed by atoms with van der Waals surface area (Å²) in [5.41, 5.74) is 7.43. The van der Waals surface area contributed by atoms with E-state index in [1.807, 2.05) is 13.8 Å². The molecule has 0 aliphatic carbocycles. The van der Waals surface area contributed by atoms with Crippen molar-refractivity contribution in [2.45, 2.75) is 32.9 Å². The molecule has 31 heavy (non-hydrogen) atoms. The third kappa shape index (κ3) is 3.74. The Balaban J connectivity index is 1.58. The fourth-order valence-corrected chi connectivity index (χ4v) is 5.25. The van der Waals surface area contributed by atoms with Crippen LogP contribution in [0.5, 0.6) is 0 Å². The van der Waals surface area contributed by atoms with Gasteiger partial charge in [0.2, 0.25) is 16.0 Å². The molecular weight excluding hydrogens is 418 g/mol. The van der Waals surface area contributed by atoms with Crippen molar-refractivity contribution in [1.82, 2.24) is 15.0 Å². The lowest BCUT2D eigenvalue weighted by molar-refractivity contribution is 0.0962. The van der Waals surface area contributed by atoms with Gasteiger partial charge in [-0.05, 0) is 56.2 Å². The van der Waals surface area contributed by atoms with E-state index in [1.165, 1.54) is 15.1 Å². The second kappa shape index (κ2) is 7.69. The molecule has 2 N–H and O–H groups in total. The van der Waals surface area contributed by atoms with Crippen LogP contribution in [0, 0.1) is 0 Å². The van der Waals surface area contributed by atoms with Crippen LogP contribution in [-0.2, 0) is 23.0 Å². The number of aromatic nitrogens is 2. The Bertz CT molecular complexity index is 1350. The summed E-state index contributed by atoms with van der Waals surface area (Å²) in [6.07, 6.45) is 1.70. The summed E-state index contributed by atoms with van der Waals surface area (Å²) < 4.78 is 27.0. The van der Waals surface area contributed by atoms with Gasteiger partial charge in [0.25, 0.3) is 11.5 Å². The molecule has 0 spiro atoms. The number of carbonyl (C=O) groups is 1. The van der Waals surface area contributed by atoms with E-state index in [4.69, 9.17) is 0 Å². The van der Waals surface area contributed by atoms with Crippen molar-refractivity contribution in [1.29, 1.82) is 0 Å². The molecule has 10 heteroatoms. The van der Waals surface area contributed by atoms with E-state index in [2.05, 4.69) is 15.8 Å². The summed E-state index contributed by atoms with van der Waals surface area (Å²) >= 11 is 0. The Kier molecular flexibility index (Phi) is 5.18. The molecular formula is C21H23N5O4S. The van der Waals surface area contributed by atoms with Gasteiger partial charge in [-0.25, -0.2) is 13.4 Å². The van der Waals surface area contributed by atoms with E-state index in [9.17, 15) is 18.0 Å². The molecule has 162 valence electrons. The van der Waals surface area contributed by atoms with E-state index in [1.54, 1.807) is 42.5 Å². The Hall–Kier alpha value is -3.40. The zero-order chi connectivity index (χ0) is 22.3. The highest BCUT2D eigenvalue weighted by molar-refractivity contribution is 7.92. The zero-order valence-electron chi connectivity index (χ0n) is 17.4. The van der Waals surface area contributed by atoms with Crippen LogP contribution in [0.2, 0.25) is 0 Å². The maximum absolute atomic E-state index is 12.7. The molecule has 0 unspecified atom stereocenters. The van der Waals surface area contributed by atoms with Gasteiger partial charge in [0.05, 0.1) is 22.8 Å². The quantitative estimate of drug-likeness (QED) is 0.585. The van der Waals surface area contributed by atoms with Crippen molar-refractivity contribution in [3.63, 3.8) is 0 Å². The number of nitrogens with one attached hydrogen (secondary N) is 2. The van der Waals surface area contributed by atoms with Crippen LogP contribution in [0.15, 0.2) is 47.3 Å². The maximum atomic E-state index is 12.7. The second-order valence-corrected chi connectivity index (χ2v) is 9.40. The molecule has 0 fully saturated rings. The lowest BCUT2D eigenvalue weighted by Gasteiger charge is -2.22. The molecule has 9 nitrogen and oxygen atoms in total. The number of amides is 1. The fraction of sp³-hybridized carbons (Fsp3) is 0.286. The fourth-order valence-electron chi connectivity index (χ4n) is 3.99. The van der Waals surface area contributed by atoms with Crippen molar-refractivity contribution in [2.24, 2.45) is 0 Å². The third-order valence-electron chi connectivity index (χ3n) is 5.32. The number of carbonyl (C=O) groups excluding carboxylic acids is 1. The minimum Gasteiger partial charge on any atom is -0.277 e. The Morgan fingerprint density at radius 3 is 2.68 bits per heavy atom. The van der Waals surface area contributed by atoms with Gasteiger partial charge in [-0.3, -0.25) is 29.3 Å². The van der Waals surface area contributed by atoms with Gasteiger partial charge in [-0.1, -0.05) is 12.1 Å². The lowest BCUT2D eigenvalue weighted by Crippen LogP contribution is -2.34. The van der Waals surface area contributed by atoms with E-state index in [0.29, 0.717) is 35.1 Å². The molecule has 0 saturated heterocycles. The smallest absolute Gasteiger partial charge is 0.269 e. The highest BCUT2D eigenvalue weighted by Gasteiger charge is 2.32. The Morgan fingerprint density at radius 1 is 1.23 bits per heavy atom.